The largest absolute Gasteiger partial charge is 0.382 e. The van der Waals surface area contributed by atoms with Gasteiger partial charge in [-0.3, -0.25) is 0 Å². The number of methoxy groups -OCH3 is 1. The minimum atomic E-state index is 0.101. The van der Waals surface area contributed by atoms with Gasteiger partial charge in [-0.15, -0.1) is 0 Å². The second-order valence-corrected chi connectivity index (χ2v) is 2.66. The summed E-state index contributed by atoms with van der Waals surface area (Å²) >= 11 is 0. The summed E-state index contributed by atoms with van der Waals surface area (Å²) in [6.07, 6.45) is 0. The van der Waals surface area contributed by atoms with Crippen LogP contribution in [0, 0.1) is 0 Å². The van der Waals surface area contributed by atoms with Crippen molar-refractivity contribution in [2.45, 2.75) is 13.0 Å². The van der Waals surface area contributed by atoms with Crippen LogP contribution in [0.5, 0.6) is 0 Å². The number of rotatable bonds is 8. The lowest BCUT2D eigenvalue weighted by molar-refractivity contribution is 0.0226. The van der Waals surface area contributed by atoms with Crippen LogP contribution in [0.4, 0.5) is 0 Å². The van der Waals surface area contributed by atoms with Gasteiger partial charge in [-0.2, -0.15) is 0 Å². The van der Waals surface area contributed by atoms with Crippen LogP contribution in [0.25, 0.3) is 0 Å². The summed E-state index contributed by atoms with van der Waals surface area (Å²) in [5, 5.41) is 0. The Kier molecular flexibility index (Phi) is 8.81. The third kappa shape index (κ3) is 9.84. The van der Waals surface area contributed by atoms with E-state index < -0.39 is 0 Å². The van der Waals surface area contributed by atoms with Crippen molar-refractivity contribution in [1.29, 1.82) is 0 Å². The third-order valence-electron chi connectivity index (χ3n) is 1.18. The molecule has 74 valence electrons. The second kappa shape index (κ2) is 8.93. The van der Waals surface area contributed by atoms with Crippen LogP contribution in [0.1, 0.15) is 6.92 Å². The van der Waals surface area contributed by atoms with Gasteiger partial charge in [-0.25, -0.2) is 0 Å². The van der Waals surface area contributed by atoms with E-state index in [4.69, 9.17) is 19.9 Å². The highest BCUT2D eigenvalue weighted by atomic mass is 16.5. The Hall–Kier alpha value is -0.160. The van der Waals surface area contributed by atoms with E-state index in [0.29, 0.717) is 33.0 Å². The first-order valence-corrected chi connectivity index (χ1v) is 4.17. The molecular weight excluding hydrogens is 158 g/mol. The third-order valence-corrected chi connectivity index (χ3v) is 1.18. The van der Waals surface area contributed by atoms with E-state index in [1.807, 2.05) is 6.92 Å². The van der Waals surface area contributed by atoms with E-state index in [0.717, 1.165) is 0 Å². The maximum atomic E-state index is 5.47. The molecule has 0 aromatic heterocycles. The van der Waals surface area contributed by atoms with E-state index >= 15 is 0 Å². The zero-order chi connectivity index (χ0) is 9.23. The fourth-order valence-corrected chi connectivity index (χ4v) is 0.631. The predicted octanol–water partition coefficient (Wildman–Crippen LogP) is 0.0132. The molecule has 0 aliphatic carbocycles. The number of nitrogens with two attached hydrogens (primary N) is 1. The minimum Gasteiger partial charge on any atom is -0.382 e. The highest BCUT2D eigenvalue weighted by Crippen LogP contribution is 1.81. The Morgan fingerprint density at radius 2 is 1.67 bits per heavy atom. The molecule has 1 atom stereocenters. The molecule has 4 heteroatoms. The second-order valence-electron chi connectivity index (χ2n) is 2.66. The first-order valence-electron chi connectivity index (χ1n) is 4.17. The number of ether oxygens (including phenoxy) is 3. The molecule has 0 fully saturated rings. The molecule has 0 amide bonds. The summed E-state index contributed by atoms with van der Waals surface area (Å²) in [5.41, 5.74) is 5.47. The van der Waals surface area contributed by atoms with Gasteiger partial charge < -0.3 is 19.9 Å². The lowest BCUT2D eigenvalue weighted by Gasteiger charge is -2.07. The maximum absolute atomic E-state index is 5.47. The highest BCUT2D eigenvalue weighted by molar-refractivity contribution is 4.47. The van der Waals surface area contributed by atoms with Crippen molar-refractivity contribution in [1.82, 2.24) is 0 Å². The van der Waals surface area contributed by atoms with Crippen LogP contribution in [0.15, 0.2) is 0 Å². The summed E-state index contributed by atoms with van der Waals surface area (Å²) in [6, 6.07) is 0.101. The fourth-order valence-electron chi connectivity index (χ4n) is 0.631. The molecule has 0 saturated carbocycles. The lowest BCUT2D eigenvalue weighted by Crippen LogP contribution is -2.23. The molecule has 0 aliphatic heterocycles. The summed E-state index contributed by atoms with van der Waals surface area (Å²) in [5.74, 6) is 0. The van der Waals surface area contributed by atoms with Crippen molar-refractivity contribution in [3.63, 3.8) is 0 Å². The van der Waals surface area contributed by atoms with Crippen LogP contribution in [-0.4, -0.2) is 46.2 Å². The zero-order valence-corrected chi connectivity index (χ0v) is 7.91. The Morgan fingerprint density at radius 3 is 2.25 bits per heavy atom. The normalized spacial score (nSPS) is 13.2. The molecule has 0 rings (SSSR count). The van der Waals surface area contributed by atoms with E-state index in [9.17, 15) is 0 Å². The summed E-state index contributed by atoms with van der Waals surface area (Å²) < 4.78 is 15.2. The number of hydrogen-bond donors (Lipinski definition) is 1. The Bertz CT molecular complexity index is 88.4. The van der Waals surface area contributed by atoms with Crippen LogP contribution >= 0.6 is 0 Å². The first kappa shape index (κ1) is 11.8. The molecule has 0 radical (unpaired) electrons. The van der Waals surface area contributed by atoms with Crippen LogP contribution in [0.2, 0.25) is 0 Å². The minimum absolute atomic E-state index is 0.101. The predicted molar refractivity (Wildman–Crippen MR) is 47.2 cm³/mol. The fraction of sp³-hybridized carbons (Fsp3) is 1.00. The molecule has 0 aliphatic rings. The van der Waals surface area contributed by atoms with Gasteiger partial charge in [0, 0.05) is 13.2 Å². The van der Waals surface area contributed by atoms with E-state index in [1.165, 1.54) is 0 Å². The molecule has 0 spiro atoms. The SMILES string of the molecule is COCCOCCOC[C@@H](C)N. The molecule has 4 nitrogen and oxygen atoms in total. The first-order chi connectivity index (χ1) is 5.77. The van der Waals surface area contributed by atoms with Gasteiger partial charge in [0.25, 0.3) is 0 Å². The van der Waals surface area contributed by atoms with Gasteiger partial charge in [0.1, 0.15) is 0 Å². The summed E-state index contributed by atoms with van der Waals surface area (Å²) in [4.78, 5) is 0. The van der Waals surface area contributed by atoms with Gasteiger partial charge >= 0.3 is 0 Å². The van der Waals surface area contributed by atoms with Crippen molar-refractivity contribution in [3.05, 3.63) is 0 Å². The van der Waals surface area contributed by atoms with Gasteiger partial charge in [0.05, 0.1) is 33.0 Å². The Balaban J connectivity index is 2.82. The zero-order valence-electron chi connectivity index (χ0n) is 7.91. The van der Waals surface area contributed by atoms with Crippen molar-refractivity contribution in [2.24, 2.45) is 5.73 Å². The van der Waals surface area contributed by atoms with Crippen LogP contribution in [-0.2, 0) is 14.2 Å². The van der Waals surface area contributed by atoms with Gasteiger partial charge in [-0.05, 0) is 6.92 Å². The molecule has 0 heterocycles. The smallest absolute Gasteiger partial charge is 0.0701 e. The molecule has 0 bridgehead atoms. The van der Waals surface area contributed by atoms with Crippen molar-refractivity contribution in [2.75, 3.05) is 40.1 Å². The molecule has 12 heavy (non-hydrogen) atoms. The van der Waals surface area contributed by atoms with Crippen molar-refractivity contribution < 1.29 is 14.2 Å². The van der Waals surface area contributed by atoms with Gasteiger partial charge in [-0.1, -0.05) is 0 Å². The molecule has 0 aromatic rings. The monoisotopic (exact) mass is 177 g/mol. The average molecular weight is 177 g/mol. The Labute approximate surface area is 74.0 Å². The number of hydrogen-bond acceptors (Lipinski definition) is 4. The molecule has 0 saturated heterocycles. The topological polar surface area (TPSA) is 53.7 Å². The lowest BCUT2D eigenvalue weighted by atomic mass is 10.4. The van der Waals surface area contributed by atoms with Crippen molar-refractivity contribution >= 4 is 0 Å². The maximum Gasteiger partial charge on any atom is 0.0701 e. The van der Waals surface area contributed by atoms with E-state index in [2.05, 4.69) is 0 Å². The summed E-state index contributed by atoms with van der Waals surface area (Å²) in [6.45, 7) is 4.96. The van der Waals surface area contributed by atoms with Crippen LogP contribution in [0.3, 0.4) is 0 Å². The van der Waals surface area contributed by atoms with Crippen LogP contribution < -0.4 is 5.73 Å². The standard InChI is InChI=1S/C8H19NO3/c1-8(9)7-12-6-5-11-4-3-10-2/h8H,3-7,9H2,1-2H3/t8-/m1/s1. The molecule has 0 aromatic carbocycles. The molecular formula is C8H19NO3. The molecule has 2 N–H and O–H groups in total. The summed E-state index contributed by atoms with van der Waals surface area (Å²) in [7, 11) is 1.65. The van der Waals surface area contributed by atoms with Gasteiger partial charge in [0.15, 0.2) is 0 Å². The highest BCUT2D eigenvalue weighted by Gasteiger charge is 1.93. The quantitative estimate of drug-likeness (QED) is 0.531. The van der Waals surface area contributed by atoms with Crippen molar-refractivity contribution in [3.8, 4) is 0 Å². The van der Waals surface area contributed by atoms with Gasteiger partial charge in [0.2, 0.25) is 0 Å². The van der Waals surface area contributed by atoms with E-state index in [-0.39, 0.29) is 6.04 Å². The Morgan fingerprint density at radius 1 is 1.08 bits per heavy atom. The molecule has 0 unspecified atom stereocenters. The average Bonchev–Trinajstić information content (AvgIpc) is 2.02. The van der Waals surface area contributed by atoms with E-state index in [1.54, 1.807) is 7.11 Å².